The number of hydrogen-bond acceptors (Lipinski definition) is 3. The maximum Gasteiger partial charge on any atom is 0.415 e. The Morgan fingerprint density at radius 2 is 2.45 bits per heavy atom. The molecule has 0 radical (unpaired) electrons. The molecule has 0 aromatic heterocycles. The second kappa shape index (κ2) is 3.13. The van der Waals surface area contributed by atoms with Crippen LogP contribution in [0.25, 0.3) is 0 Å². The molecule has 1 aliphatic rings. The Bertz CT molecular complexity index is 205. The predicted octanol–water partition coefficient (Wildman–Crippen LogP) is 1.15. The van der Waals surface area contributed by atoms with E-state index in [9.17, 15) is 4.79 Å². The summed E-state index contributed by atoms with van der Waals surface area (Å²) in [6.07, 6.45) is 1.47. The molecule has 62 valence electrons. The van der Waals surface area contributed by atoms with Crippen LogP contribution in [0.3, 0.4) is 0 Å². The average Bonchev–Trinajstić information content (AvgIpc) is 2.28. The maximum atomic E-state index is 11.0. The lowest BCUT2D eigenvalue weighted by Crippen LogP contribution is -2.29. The highest BCUT2D eigenvalue weighted by Crippen LogP contribution is 2.20. The summed E-state index contributed by atoms with van der Waals surface area (Å²) < 4.78 is 5.27. The van der Waals surface area contributed by atoms with Gasteiger partial charge in [0.15, 0.2) is 0 Å². The molecule has 1 amide bonds. The van der Waals surface area contributed by atoms with E-state index in [1.807, 2.05) is 18.1 Å². The lowest BCUT2D eigenvalue weighted by Gasteiger charge is -2.15. The van der Waals surface area contributed by atoms with Gasteiger partial charge in [0.05, 0.1) is 7.11 Å². The van der Waals surface area contributed by atoms with Crippen LogP contribution in [-0.4, -0.2) is 36.7 Å². The summed E-state index contributed by atoms with van der Waals surface area (Å²) in [5, 5.41) is 0. The summed E-state index contributed by atoms with van der Waals surface area (Å²) in [5.74, 6) is 0. The highest BCUT2D eigenvalue weighted by molar-refractivity contribution is 9.11. The molecule has 0 saturated heterocycles. The highest BCUT2D eigenvalue weighted by atomic mass is 79.9. The van der Waals surface area contributed by atoms with E-state index < -0.39 is 0 Å². The average molecular weight is 221 g/mol. The lowest BCUT2D eigenvalue weighted by molar-refractivity contribution is 0.133. The second-order valence-electron chi connectivity index (χ2n) is 2.25. The Hall–Kier alpha value is -0.710. The Balaban J connectivity index is 2.64. The number of ether oxygens (including phenoxy) is 1. The molecule has 1 aliphatic heterocycles. The van der Waals surface area contributed by atoms with Crippen molar-refractivity contribution < 1.29 is 9.53 Å². The van der Waals surface area contributed by atoms with Gasteiger partial charge in [-0.3, -0.25) is 4.90 Å². The molecule has 0 aliphatic carbocycles. The summed E-state index contributed by atoms with van der Waals surface area (Å²) >= 11 is 3.23. The molecule has 0 N–H and O–H groups in total. The third-order valence-corrected chi connectivity index (χ3v) is 1.98. The first-order valence-corrected chi connectivity index (χ1v) is 3.87. The van der Waals surface area contributed by atoms with Crippen LogP contribution in [-0.2, 0) is 4.74 Å². The van der Waals surface area contributed by atoms with Gasteiger partial charge in [0, 0.05) is 13.2 Å². The van der Waals surface area contributed by atoms with E-state index in [2.05, 4.69) is 20.7 Å². The summed E-state index contributed by atoms with van der Waals surface area (Å²) in [4.78, 5) is 14.3. The minimum absolute atomic E-state index is 0.350. The minimum atomic E-state index is -0.350. The van der Waals surface area contributed by atoms with E-state index in [-0.39, 0.29) is 6.09 Å². The third kappa shape index (κ3) is 1.65. The standard InChI is InChI=1S/C6H9BrN2O2/c1-8-3-5(7)9(4-8)6(10)11-2/h3H,4H2,1-2H3. The van der Waals surface area contributed by atoms with Crippen molar-refractivity contribution in [3.05, 3.63) is 10.8 Å². The van der Waals surface area contributed by atoms with Crippen molar-refractivity contribution >= 4 is 22.0 Å². The van der Waals surface area contributed by atoms with Crippen molar-refractivity contribution in [3.8, 4) is 0 Å². The third-order valence-electron chi connectivity index (χ3n) is 1.34. The number of halogens is 1. The smallest absolute Gasteiger partial charge is 0.415 e. The zero-order chi connectivity index (χ0) is 8.43. The van der Waals surface area contributed by atoms with Crippen molar-refractivity contribution in [2.24, 2.45) is 0 Å². The molecular weight excluding hydrogens is 212 g/mol. The van der Waals surface area contributed by atoms with Gasteiger partial charge < -0.3 is 9.64 Å². The number of methoxy groups -OCH3 is 1. The van der Waals surface area contributed by atoms with Crippen molar-refractivity contribution in [2.45, 2.75) is 0 Å². The molecule has 0 atom stereocenters. The first-order valence-electron chi connectivity index (χ1n) is 3.08. The number of amides is 1. The van der Waals surface area contributed by atoms with Gasteiger partial charge in [0.1, 0.15) is 11.3 Å². The van der Waals surface area contributed by atoms with Crippen molar-refractivity contribution in [1.29, 1.82) is 0 Å². The molecular formula is C6H9BrN2O2. The highest BCUT2D eigenvalue weighted by Gasteiger charge is 2.23. The van der Waals surface area contributed by atoms with Crippen LogP contribution in [0.5, 0.6) is 0 Å². The van der Waals surface area contributed by atoms with Crippen molar-refractivity contribution in [3.63, 3.8) is 0 Å². The van der Waals surface area contributed by atoms with E-state index in [1.165, 1.54) is 12.0 Å². The van der Waals surface area contributed by atoms with Gasteiger partial charge in [0.25, 0.3) is 0 Å². The quantitative estimate of drug-likeness (QED) is 0.575. The Morgan fingerprint density at radius 3 is 2.82 bits per heavy atom. The molecule has 0 bridgehead atoms. The number of carbonyl (C=O) groups is 1. The molecule has 1 rings (SSSR count). The van der Waals surface area contributed by atoms with Gasteiger partial charge in [-0.25, -0.2) is 4.79 Å². The number of hydrogen-bond donors (Lipinski definition) is 0. The fraction of sp³-hybridized carbons (Fsp3) is 0.500. The second-order valence-corrected chi connectivity index (χ2v) is 3.06. The molecule has 5 heteroatoms. The lowest BCUT2D eigenvalue weighted by atomic mass is 10.8. The van der Waals surface area contributed by atoms with Gasteiger partial charge in [-0.1, -0.05) is 0 Å². The molecule has 0 aromatic carbocycles. The van der Waals surface area contributed by atoms with Crippen molar-refractivity contribution in [2.75, 3.05) is 20.8 Å². The van der Waals surface area contributed by atoms with Crippen LogP contribution in [0.1, 0.15) is 0 Å². The van der Waals surface area contributed by atoms with Gasteiger partial charge >= 0.3 is 6.09 Å². The van der Waals surface area contributed by atoms with Crippen LogP contribution in [0.2, 0.25) is 0 Å². The fourth-order valence-corrected chi connectivity index (χ4v) is 1.44. The van der Waals surface area contributed by atoms with E-state index in [0.717, 1.165) is 4.61 Å². The topological polar surface area (TPSA) is 32.8 Å². The van der Waals surface area contributed by atoms with E-state index in [0.29, 0.717) is 6.67 Å². The molecule has 0 fully saturated rings. The maximum absolute atomic E-state index is 11.0. The molecule has 0 saturated carbocycles. The monoisotopic (exact) mass is 220 g/mol. The number of nitrogens with zero attached hydrogens (tertiary/aromatic N) is 2. The zero-order valence-electron chi connectivity index (χ0n) is 6.37. The van der Waals surface area contributed by atoms with Crippen molar-refractivity contribution in [1.82, 2.24) is 9.80 Å². The van der Waals surface area contributed by atoms with E-state index >= 15 is 0 Å². The summed E-state index contributed by atoms with van der Waals surface area (Å²) in [6, 6.07) is 0. The summed E-state index contributed by atoms with van der Waals surface area (Å²) in [7, 11) is 3.24. The van der Waals surface area contributed by atoms with Gasteiger partial charge in [0.2, 0.25) is 0 Å². The Morgan fingerprint density at radius 1 is 1.82 bits per heavy atom. The summed E-state index contributed by atoms with van der Waals surface area (Å²) in [5.41, 5.74) is 0. The largest absolute Gasteiger partial charge is 0.452 e. The molecule has 0 unspecified atom stereocenters. The predicted molar refractivity (Wildman–Crippen MR) is 43.9 cm³/mol. The van der Waals surface area contributed by atoms with Gasteiger partial charge in [-0.15, -0.1) is 0 Å². The molecule has 0 aromatic rings. The van der Waals surface area contributed by atoms with Crippen LogP contribution >= 0.6 is 15.9 Å². The van der Waals surface area contributed by atoms with Crippen LogP contribution in [0.4, 0.5) is 4.79 Å². The van der Waals surface area contributed by atoms with Crippen LogP contribution in [0.15, 0.2) is 10.8 Å². The van der Waals surface area contributed by atoms with Gasteiger partial charge in [-0.2, -0.15) is 0 Å². The van der Waals surface area contributed by atoms with E-state index in [4.69, 9.17) is 0 Å². The minimum Gasteiger partial charge on any atom is -0.452 e. The molecule has 11 heavy (non-hydrogen) atoms. The summed E-state index contributed by atoms with van der Waals surface area (Å²) in [6.45, 7) is 0.535. The van der Waals surface area contributed by atoms with Crippen LogP contribution < -0.4 is 0 Å². The van der Waals surface area contributed by atoms with Gasteiger partial charge in [-0.05, 0) is 15.9 Å². The van der Waals surface area contributed by atoms with Crippen LogP contribution in [0, 0.1) is 0 Å². The zero-order valence-corrected chi connectivity index (χ0v) is 7.96. The Labute approximate surface area is 73.5 Å². The first-order chi connectivity index (χ1) is 5.15. The normalized spacial score (nSPS) is 16.8. The SMILES string of the molecule is COC(=O)N1CN(C)C=C1Br. The molecule has 1 heterocycles. The molecule has 0 spiro atoms. The number of rotatable bonds is 0. The number of carbonyl (C=O) groups excluding carboxylic acids is 1. The van der Waals surface area contributed by atoms with E-state index in [1.54, 1.807) is 0 Å². The molecule has 4 nitrogen and oxygen atoms in total. The fourth-order valence-electron chi connectivity index (χ4n) is 0.838. The first kappa shape index (κ1) is 8.39. The Kier molecular flexibility index (Phi) is 2.38.